The minimum Gasteiger partial charge on any atom is -0.352 e. The summed E-state index contributed by atoms with van der Waals surface area (Å²) in [7, 11) is 0. The molecule has 180 valence electrons. The highest BCUT2D eigenvalue weighted by molar-refractivity contribution is 5.99. The van der Waals surface area contributed by atoms with Gasteiger partial charge in [0.1, 0.15) is 5.69 Å². The molecule has 1 amide bonds. The first-order chi connectivity index (χ1) is 16.2. The number of amides is 1. The van der Waals surface area contributed by atoms with Crippen LogP contribution >= 0.6 is 0 Å². The van der Waals surface area contributed by atoms with Crippen molar-refractivity contribution in [2.45, 2.75) is 38.9 Å². The molecule has 0 bridgehead atoms. The molecule has 1 aliphatic rings. The molecule has 2 aromatic heterocycles. The number of carbonyl (C=O) groups excluding carboxylic acids is 1. The topological polar surface area (TPSA) is 88.8 Å². The van der Waals surface area contributed by atoms with Gasteiger partial charge in [-0.15, -0.1) is 4.80 Å². The van der Waals surface area contributed by atoms with Crippen LogP contribution < -0.4 is 5.32 Å². The van der Waals surface area contributed by atoms with Gasteiger partial charge in [-0.2, -0.15) is 23.4 Å². The fraction of sp³-hybridized carbons (Fsp3) is 0.409. The Morgan fingerprint density at radius 1 is 1.18 bits per heavy atom. The first-order valence-corrected chi connectivity index (χ1v) is 10.8. The second-order valence-electron chi connectivity index (χ2n) is 8.27. The van der Waals surface area contributed by atoms with Crippen molar-refractivity contribution in [1.29, 1.82) is 0 Å². The zero-order chi connectivity index (χ0) is 24.5. The van der Waals surface area contributed by atoms with E-state index in [0.717, 1.165) is 17.6 Å². The van der Waals surface area contributed by atoms with Gasteiger partial charge in [0, 0.05) is 25.5 Å². The van der Waals surface area contributed by atoms with Crippen LogP contribution in [-0.2, 0) is 6.18 Å². The third-order valence-electron chi connectivity index (χ3n) is 5.99. The van der Waals surface area contributed by atoms with Crippen LogP contribution in [0.3, 0.4) is 0 Å². The van der Waals surface area contributed by atoms with Gasteiger partial charge in [0.25, 0.3) is 5.91 Å². The molecule has 1 N–H and O–H groups in total. The molecule has 1 aliphatic heterocycles. The van der Waals surface area contributed by atoms with Crippen LogP contribution in [0.4, 0.5) is 23.5 Å². The molecule has 34 heavy (non-hydrogen) atoms. The number of piperidine rings is 1. The van der Waals surface area contributed by atoms with E-state index in [1.54, 1.807) is 11.8 Å². The Labute approximate surface area is 193 Å². The number of hydrogen-bond acceptors (Lipinski definition) is 6. The van der Waals surface area contributed by atoms with Gasteiger partial charge in [-0.3, -0.25) is 4.79 Å². The number of aromatic nitrogens is 5. The Hall–Kier alpha value is -3.57. The van der Waals surface area contributed by atoms with Crippen LogP contribution in [0, 0.1) is 18.7 Å². The lowest BCUT2D eigenvalue weighted by Gasteiger charge is -2.40. The molecule has 2 atom stereocenters. The fourth-order valence-electron chi connectivity index (χ4n) is 4.18. The number of carbonyl (C=O) groups is 1. The van der Waals surface area contributed by atoms with Crippen molar-refractivity contribution in [3.8, 4) is 5.69 Å². The number of rotatable bonds is 5. The third kappa shape index (κ3) is 4.70. The molecule has 1 unspecified atom stereocenters. The second kappa shape index (κ2) is 9.35. The Bertz CT molecular complexity index is 1150. The largest absolute Gasteiger partial charge is 0.419 e. The summed E-state index contributed by atoms with van der Waals surface area (Å²) in [6.07, 6.45) is 1.32. The summed E-state index contributed by atoms with van der Waals surface area (Å²) in [6.45, 7) is 4.39. The number of aryl methyl sites for hydroxylation is 1. The average Bonchev–Trinajstić information content (AvgIpc) is 3.33. The Kier molecular flexibility index (Phi) is 6.49. The summed E-state index contributed by atoms with van der Waals surface area (Å²) in [4.78, 5) is 24.0. The summed E-state index contributed by atoms with van der Waals surface area (Å²) in [5.74, 6) is -0.875. The van der Waals surface area contributed by atoms with Crippen LogP contribution in [0.15, 0.2) is 36.9 Å². The lowest BCUT2D eigenvalue weighted by atomic mass is 9.89. The first-order valence-electron chi connectivity index (χ1n) is 10.8. The minimum absolute atomic E-state index is 0.0222. The summed E-state index contributed by atoms with van der Waals surface area (Å²) >= 11 is 0. The molecule has 12 heteroatoms. The number of nitrogens with zero attached hydrogens (tertiary/aromatic N) is 6. The normalized spacial score (nSPS) is 18.7. The average molecular weight is 477 g/mol. The van der Waals surface area contributed by atoms with Crippen molar-refractivity contribution < 1.29 is 22.4 Å². The van der Waals surface area contributed by atoms with Gasteiger partial charge in [0.05, 0.1) is 29.6 Å². The van der Waals surface area contributed by atoms with E-state index < -0.39 is 17.6 Å². The highest BCUT2D eigenvalue weighted by atomic mass is 19.4. The van der Waals surface area contributed by atoms with Crippen molar-refractivity contribution >= 4 is 11.9 Å². The van der Waals surface area contributed by atoms with Crippen molar-refractivity contribution in [3.63, 3.8) is 0 Å². The molecular weight excluding hydrogens is 454 g/mol. The zero-order valence-electron chi connectivity index (χ0n) is 18.6. The SMILES string of the molecule is Cc1ccc(F)c(-n2nccn2)c1C(=O)N1CCC[C@@H](C)C1CNc1ncc(C(F)(F)F)cn1. The van der Waals surface area contributed by atoms with E-state index in [2.05, 4.69) is 25.5 Å². The van der Waals surface area contributed by atoms with Crippen molar-refractivity contribution in [3.05, 3.63) is 59.4 Å². The molecule has 1 fully saturated rings. The van der Waals surface area contributed by atoms with Gasteiger partial charge in [-0.1, -0.05) is 13.0 Å². The van der Waals surface area contributed by atoms with Gasteiger partial charge in [-0.25, -0.2) is 14.4 Å². The number of alkyl halides is 3. The smallest absolute Gasteiger partial charge is 0.352 e. The third-order valence-corrected chi connectivity index (χ3v) is 5.99. The van der Waals surface area contributed by atoms with Crippen LogP contribution in [0.1, 0.15) is 41.3 Å². The summed E-state index contributed by atoms with van der Waals surface area (Å²) < 4.78 is 53.1. The number of hydrogen-bond donors (Lipinski definition) is 1. The van der Waals surface area contributed by atoms with Gasteiger partial charge in [-0.05, 0) is 37.3 Å². The zero-order valence-corrected chi connectivity index (χ0v) is 18.6. The van der Waals surface area contributed by atoms with Crippen molar-refractivity contribution in [1.82, 2.24) is 29.9 Å². The molecule has 1 saturated heterocycles. The molecule has 1 aromatic carbocycles. The van der Waals surface area contributed by atoms with Crippen LogP contribution in [0.25, 0.3) is 5.69 Å². The molecule has 4 rings (SSSR count). The van der Waals surface area contributed by atoms with E-state index in [4.69, 9.17) is 0 Å². The molecule has 0 radical (unpaired) electrons. The van der Waals surface area contributed by atoms with Crippen LogP contribution in [0.5, 0.6) is 0 Å². The molecule has 0 saturated carbocycles. The predicted molar refractivity (Wildman–Crippen MR) is 115 cm³/mol. The monoisotopic (exact) mass is 477 g/mol. The Morgan fingerprint density at radius 3 is 2.50 bits per heavy atom. The van der Waals surface area contributed by atoms with E-state index in [9.17, 15) is 22.4 Å². The van der Waals surface area contributed by atoms with E-state index >= 15 is 0 Å². The van der Waals surface area contributed by atoms with E-state index in [1.165, 1.54) is 24.5 Å². The van der Waals surface area contributed by atoms with Crippen molar-refractivity contribution in [2.75, 3.05) is 18.4 Å². The highest BCUT2D eigenvalue weighted by Crippen LogP contribution is 2.30. The minimum atomic E-state index is -4.52. The summed E-state index contributed by atoms with van der Waals surface area (Å²) in [6, 6.07) is 2.49. The summed E-state index contributed by atoms with van der Waals surface area (Å²) in [5.41, 5.74) is -0.218. The van der Waals surface area contributed by atoms with Gasteiger partial charge >= 0.3 is 6.18 Å². The van der Waals surface area contributed by atoms with Crippen LogP contribution in [0.2, 0.25) is 0 Å². The maximum atomic E-state index is 14.8. The molecule has 0 aliphatic carbocycles. The number of anilines is 1. The number of benzene rings is 1. The predicted octanol–water partition coefficient (Wildman–Crippen LogP) is 3.88. The molecule has 0 spiro atoms. The molecule has 3 aromatic rings. The highest BCUT2D eigenvalue weighted by Gasteiger charge is 2.35. The van der Waals surface area contributed by atoms with E-state index in [-0.39, 0.29) is 41.6 Å². The fourth-order valence-corrected chi connectivity index (χ4v) is 4.18. The molecule has 3 heterocycles. The maximum Gasteiger partial charge on any atom is 0.419 e. The molecular formula is C22H23F4N7O. The lowest BCUT2D eigenvalue weighted by Crippen LogP contribution is -2.51. The van der Waals surface area contributed by atoms with Crippen molar-refractivity contribution in [2.24, 2.45) is 5.92 Å². The summed E-state index contributed by atoms with van der Waals surface area (Å²) in [5, 5.41) is 10.9. The lowest BCUT2D eigenvalue weighted by molar-refractivity contribution is -0.138. The quantitative estimate of drug-likeness (QED) is 0.562. The van der Waals surface area contributed by atoms with E-state index in [1.807, 2.05) is 6.92 Å². The van der Waals surface area contributed by atoms with Crippen LogP contribution in [-0.4, -0.2) is 54.9 Å². The van der Waals surface area contributed by atoms with E-state index in [0.29, 0.717) is 24.5 Å². The standard InChI is InChI=1S/C22H23F4N7O/c1-13-4-3-9-32(17(13)12-29-21-27-10-15(11-28-21)22(24,25)26)20(34)18-14(2)5-6-16(23)19(18)33-30-7-8-31-33/h5-8,10-11,13,17H,3-4,9,12H2,1-2H3,(H,27,28,29)/t13-,17?/m1/s1. The maximum absolute atomic E-state index is 14.8. The number of halogens is 4. The second-order valence-corrected chi connectivity index (χ2v) is 8.27. The van der Waals surface area contributed by atoms with Gasteiger partial charge in [0.15, 0.2) is 5.82 Å². The Balaban J connectivity index is 1.60. The number of likely N-dealkylation sites (tertiary alicyclic amines) is 1. The first kappa shape index (κ1) is 23.6. The van der Waals surface area contributed by atoms with Gasteiger partial charge in [0.2, 0.25) is 5.95 Å². The van der Waals surface area contributed by atoms with Gasteiger partial charge < -0.3 is 10.2 Å². The Morgan fingerprint density at radius 2 is 1.85 bits per heavy atom. The molecule has 8 nitrogen and oxygen atoms in total. The number of nitrogens with one attached hydrogen (secondary N) is 1.